The second-order valence-electron chi connectivity index (χ2n) is 5.92. The van der Waals surface area contributed by atoms with E-state index in [1.54, 1.807) is 12.1 Å². The van der Waals surface area contributed by atoms with Crippen molar-refractivity contribution >= 4 is 10.9 Å². The minimum Gasteiger partial charge on any atom is -0.387 e. The number of aliphatic hydroxyl groups is 1. The van der Waals surface area contributed by atoms with Gasteiger partial charge in [-0.3, -0.25) is 9.69 Å². The summed E-state index contributed by atoms with van der Waals surface area (Å²) in [7, 11) is 0. The van der Waals surface area contributed by atoms with Crippen molar-refractivity contribution in [2.24, 2.45) is 5.92 Å². The van der Waals surface area contributed by atoms with Gasteiger partial charge < -0.3 is 5.11 Å². The predicted octanol–water partition coefficient (Wildman–Crippen LogP) is 0.206. The molecule has 1 aromatic heterocycles. The van der Waals surface area contributed by atoms with Crippen LogP contribution in [0, 0.1) is 5.92 Å². The fourth-order valence-corrected chi connectivity index (χ4v) is 3.01. The molecule has 1 N–H and O–H groups in total. The van der Waals surface area contributed by atoms with Crippen molar-refractivity contribution in [2.45, 2.75) is 25.1 Å². The molecular formula is C14H16N4O2. The maximum absolute atomic E-state index is 12.3. The molecule has 1 saturated carbocycles. The number of nitrogens with zero attached hydrogens (tertiary/aromatic N) is 4. The van der Waals surface area contributed by atoms with Crippen LogP contribution in [-0.4, -0.2) is 43.7 Å². The van der Waals surface area contributed by atoms with Gasteiger partial charge in [0.2, 0.25) is 0 Å². The Morgan fingerprint density at radius 3 is 2.80 bits per heavy atom. The average Bonchev–Trinajstić information content (AvgIpc) is 3.25. The maximum Gasteiger partial charge on any atom is 0.278 e. The lowest BCUT2D eigenvalue weighted by molar-refractivity contribution is -0.126. The summed E-state index contributed by atoms with van der Waals surface area (Å²) in [5, 5.41) is 18.9. The van der Waals surface area contributed by atoms with Crippen molar-refractivity contribution in [3.8, 4) is 0 Å². The summed E-state index contributed by atoms with van der Waals surface area (Å²) in [5.41, 5.74) is -0.0437. The molecule has 0 amide bonds. The molecule has 2 fully saturated rings. The summed E-state index contributed by atoms with van der Waals surface area (Å²) < 4.78 is 1.37. The predicted molar refractivity (Wildman–Crippen MR) is 73.0 cm³/mol. The molecule has 4 rings (SSSR count). The summed E-state index contributed by atoms with van der Waals surface area (Å²) in [4.78, 5) is 14.3. The molecule has 2 aromatic rings. The number of fused-ring (bicyclic) bond motifs is 1. The minimum atomic E-state index is -0.534. The van der Waals surface area contributed by atoms with Gasteiger partial charge in [0.25, 0.3) is 5.56 Å². The third kappa shape index (κ3) is 1.83. The first-order chi connectivity index (χ1) is 9.66. The van der Waals surface area contributed by atoms with E-state index < -0.39 is 5.60 Å². The first kappa shape index (κ1) is 12.0. The summed E-state index contributed by atoms with van der Waals surface area (Å²) >= 11 is 0. The lowest BCUT2D eigenvalue weighted by Crippen LogP contribution is -2.63. The van der Waals surface area contributed by atoms with Crippen LogP contribution in [0.4, 0.5) is 0 Å². The van der Waals surface area contributed by atoms with E-state index in [0.717, 1.165) is 12.8 Å². The zero-order valence-electron chi connectivity index (χ0n) is 11.1. The van der Waals surface area contributed by atoms with Gasteiger partial charge in [0.1, 0.15) is 5.52 Å². The quantitative estimate of drug-likeness (QED) is 0.864. The number of hydrogen-bond acceptors (Lipinski definition) is 5. The van der Waals surface area contributed by atoms with Crippen LogP contribution in [0.5, 0.6) is 0 Å². The van der Waals surface area contributed by atoms with Gasteiger partial charge >= 0.3 is 0 Å². The molecule has 104 valence electrons. The standard InChI is InChI=1S/C14H16N4O2/c19-13-11-3-1-2-4-12(11)15-16-18(13)9-17-7-14(20,8-17)10-5-6-10/h1-4,10,20H,5-9H2. The molecule has 1 aliphatic carbocycles. The molecule has 6 nitrogen and oxygen atoms in total. The molecule has 6 heteroatoms. The highest BCUT2D eigenvalue weighted by Gasteiger charge is 2.51. The van der Waals surface area contributed by atoms with Gasteiger partial charge in [0.15, 0.2) is 0 Å². The molecule has 2 aliphatic rings. The lowest BCUT2D eigenvalue weighted by Gasteiger charge is -2.46. The van der Waals surface area contributed by atoms with E-state index >= 15 is 0 Å². The number of likely N-dealkylation sites (tertiary alicyclic amines) is 1. The molecule has 0 atom stereocenters. The van der Waals surface area contributed by atoms with Gasteiger partial charge in [-0.15, -0.1) is 5.10 Å². The second kappa shape index (κ2) is 4.10. The lowest BCUT2D eigenvalue weighted by atomic mass is 9.89. The molecule has 0 spiro atoms. The third-order valence-corrected chi connectivity index (χ3v) is 4.30. The number of hydrogen-bond donors (Lipinski definition) is 1. The summed E-state index contributed by atoms with van der Waals surface area (Å²) in [6, 6.07) is 7.21. The highest BCUT2D eigenvalue weighted by atomic mass is 16.3. The van der Waals surface area contributed by atoms with E-state index in [9.17, 15) is 9.90 Å². The fraction of sp³-hybridized carbons (Fsp3) is 0.500. The third-order valence-electron chi connectivity index (χ3n) is 4.30. The highest BCUT2D eigenvalue weighted by Crippen LogP contribution is 2.44. The molecule has 0 bridgehead atoms. The van der Waals surface area contributed by atoms with Gasteiger partial charge in [-0.05, 0) is 30.9 Å². The van der Waals surface area contributed by atoms with Crippen LogP contribution >= 0.6 is 0 Å². The van der Waals surface area contributed by atoms with Crippen molar-refractivity contribution in [3.63, 3.8) is 0 Å². The Bertz CT molecular complexity index is 716. The summed E-state index contributed by atoms with van der Waals surface area (Å²) in [6.45, 7) is 1.64. The second-order valence-corrected chi connectivity index (χ2v) is 5.92. The SMILES string of the molecule is O=c1c2ccccc2nnn1CN1CC(O)(C2CC2)C1. The van der Waals surface area contributed by atoms with Crippen LogP contribution in [0.3, 0.4) is 0 Å². The Morgan fingerprint density at radius 1 is 1.30 bits per heavy atom. The maximum atomic E-state index is 12.3. The molecule has 1 saturated heterocycles. The van der Waals surface area contributed by atoms with E-state index in [2.05, 4.69) is 10.3 Å². The van der Waals surface area contributed by atoms with Crippen LogP contribution < -0.4 is 5.56 Å². The average molecular weight is 272 g/mol. The van der Waals surface area contributed by atoms with Crippen LogP contribution in [0.25, 0.3) is 10.9 Å². The van der Waals surface area contributed by atoms with E-state index in [0.29, 0.717) is 36.6 Å². The first-order valence-corrected chi connectivity index (χ1v) is 6.93. The van der Waals surface area contributed by atoms with E-state index in [1.807, 2.05) is 17.0 Å². The Morgan fingerprint density at radius 2 is 2.05 bits per heavy atom. The van der Waals surface area contributed by atoms with E-state index in [1.165, 1.54) is 4.68 Å². The van der Waals surface area contributed by atoms with Crippen molar-refractivity contribution < 1.29 is 5.11 Å². The molecular weight excluding hydrogens is 256 g/mol. The van der Waals surface area contributed by atoms with Gasteiger partial charge in [-0.25, -0.2) is 0 Å². The van der Waals surface area contributed by atoms with Crippen LogP contribution in [0.15, 0.2) is 29.1 Å². The van der Waals surface area contributed by atoms with Crippen molar-refractivity contribution in [3.05, 3.63) is 34.6 Å². The number of rotatable bonds is 3. The van der Waals surface area contributed by atoms with Crippen LogP contribution in [0.1, 0.15) is 12.8 Å². The fourth-order valence-electron chi connectivity index (χ4n) is 3.01. The molecule has 2 heterocycles. The molecule has 20 heavy (non-hydrogen) atoms. The number of benzene rings is 1. The molecule has 0 radical (unpaired) electrons. The number of aromatic nitrogens is 3. The van der Waals surface area contributed by atoms with Crippen molar-refractivity contribution in [1.29, 1.82) is 0 Å². The van der Waals surface area contributed by atoms with Crippen molar-refractivity contribution in [1.82, 2.24) is 19.9 Å². The van der Waals surface area contributed by atoms with Gasteiger partial charge in [-0.1, -0.05) is 17.3 Å². The zero-order chi connectivity index (χ0) is 13.7. The highest BCUT2D eigenvalue weighted by molar-refractivity contribution is 5.76. The van der Waals surface area contributed by atoms with E-state index in [-0.39, 0.29) is 5.56 Å². The zero-order valence-corrected chi connectivity index (χ0v) is 11.1. The first-order valence-electron chi connectivity index (χ1n) is 6.93. The minimum absolute atomic E-state index is 0.127. The van der Waals surface area contributed by atoms with E-state index in [4.69, 9.17) is 0 Å². The van der Waals surface area contributed by atoms with Gasteiger partial charge in [0, 0.05) is 13.1 Å². The Labute approximate surface area is 115 Å². The Balaban J connectivity index is 1.55. The Hall–Kier alpha value is -1.79. The normalized spacial score (nSPS) is 21.9. The topological polar surface area (TPSA) is 71.2 Å². The monoisotopic (exact) mass is 272 g/mol. The van der Waals surface area contributed by atoms with Gasteiger partial charge in [0.05, 0.1) is 17.7 Å². The molecule has 1 aromatic carbocycles. The molecule has 0 unspecified atom stereocenters. The molecule has 1 aliphatic heterocycles. The summed E-state index contributed by atoms with van der Waals surface area (Å²) in [5.74, 6) is 0.457. The van der Waals surface area contributed by atoms with Crippen LogP contribution in [0.2, 0.25) is 0 Å². The number of β-amino-alcohol motifs (C(OH)–C–C–N with tert-alkyl or cyclic N) is 1. The Kier molecular flexibility index (Phi) is 2.46. The van der Waals surface area contributed by atoms with Crippen LogP contribution in [-0.2, 0) is 6.67 Å². The van der Waals surface area contributed by atoms with Crippen molar-refractivity contribution in [2.75, 3.05) is 13.1 Å². The largest absolute Gasteiger partial charge is 0.387 e. The summed E-state index contributed by atoms with van der Waals surface area (Å²) in [6.07, 6.45) is 2.25. The van der Waals surface area contributed by atoms with Gasteiger partial charge in [-0.2, -0.15) is 4.68 Å². The smallest absolute Gasteiger partial charge is 0.278 e.